The molecular formula is C14H6N2O8. The number of phenols is 2. The van der Waals surface area contributed by atoms with Gasteiger partial charge in [0.25, 0.3) is 11.4 Å². The summed E-state index contributed by atoms with van der Waals surface area (Å²) in [6, 6.07) is 3.01. The number of aromatic hydroxyl groups is 2. The summed E-state index contributed by atoms with van der Waals surface area (Å²) in [5, 5.41) is 41.4. The van der Waals surface area contributed by atoms with Crippen LogP contribution in [0.15, 0.2) is 24.3 Å². The van der Waals surface area contributed by atoms with Crippen molar-refractivity contribution >= 4 is 22.9 Å². The van der Waals surface area contributed by atoms with Gasteiger partial charge in [-0.2, -0.15) is 0 Å². The number of carbonyl (C=O) groups is 2. The minimum Gasteiger partial charge on any atom is -0.507 e. The molecule has 0 saturated heterocycles. The largest absolute Gasteiger partial charge is 0.507 e. The van der Waals surface area contributed by atoms with Gasteiger partial charge in [-0.15, -0.1) is 0 Å². The van der Waals surface area contributed by atoms with Crippen LogP contribution in [0.2, 0.25) is 0 Å². The van der Waals surface area contributed by atoms with Crippen LogP contribution in [0.1, 0.15) is 31.8 Å². The number of fused-ring (bicyclic) bond motifs is 2. The fraction of sp³-hybridized carbons (Fsp3) is 0. The molecule has 3 rings (SSSR count). The molecule has 0 saturated carbocycles. The van der Waals surface area contributed by atoms with Gasteiger partial charge in [-0.05, 0) is 0 Å². The number of nitro benzene ring substituents is 2. The van der Waals surface area contributed by atoms with Gasteiger partial charge in [0.05, 0.1) is 33.1 Å². The van der Waals surface area contributed by atoms with Crippen LogP contribution >= 0.6 is 0 Å². The highest BCUT2D eigenvalue weighted by Gasteiger charge is 2.37. The SMILES string of the molecule is O=C1c2cc([N+](=O)[O-])cc(O)c2C(=O)c2cc([N+](=O)[O-])cc(O)c21. The molecule has 10 heteroatoms. The second-order valence-electron chi connectivity index (χ2n) is 4.95. The molecule has 24 heavy (non-hydrogen) atoms. The maximum Gasteiger partial charge on any atom is 0.273 e. The van der Waals surface area contributed by atoms with Gasteiger partial charge in [0, 0.05) is 23.3 Å². The van der Waals surface area contributed by atoms with Crippen molar-refractivity contribution in [3.8, 4) is 11.5 Å². The lowest BCUT2D eigenvalue weighted by Gasteiger charge is -2.18. The zero-order valence-electron chi connectivity index (χ0n) is 11.5. The second-order valence-corrected chi connectivity index (χ2v) is 4.95. The van der Waals surface area contributed by atoms with E-state index in [1.54, 1.807) is 0 Å². The average molecular weight is 330 g/mol. The molecule has 0 aliphatic heterocycles. The van der Waals surface area contributed by atoms with Gasteiger partial charge in [-0.25, -0.2) is 0 Å². The van der Waals surface area contributed by atoms with E-state index in [0.29, 0.717) is 12.1 Å². The van der Waals surface area contributed by atoms with Crippen LogP contribution in [0.25, 0.3) is 0 Å². The molecule has 120 valence electrons. The Kier molecular flexibility index (Phi) is 3.04. The van der Waals surface area contributed by atoms with Gasteiger partial charge in [-0.1, -0.05) is 0 Å². The zero-order valence-corrected chi connectivity index (χ0v) is 11.5. The Hall–Kier alpha value is -3.82. The molecule has 1 aliphatic carbocycles. The Balaban J connectivity index is 2.34. The van der Waals surface area contributed by atoms with E-state index in [1.165, 1.54) is 0 Å². The normalized spacial score (nSPS) is 12.5. The lowest BCUT2D eigenvalue weighted by Crippen LogP contribution is -2.21. The minimum absolute atomic E-state index is 0.455. The van der Waals surface area contributed by atoms with Crippen LogP contribution in [0, 0.1) is 20.2 Å². The van der Waals surface area contributed by atoms with E-state index in [4.69, 9.17) is 0 Å². The molecule has 0 atom stereocenters. The van der Waals surface area contributed by atoms with Gasteiger partial charge < -0.3 is 10.2 Å². The van der Waals surface area contributed by atoms with Gasteiger partial charge in [-0.3, -0.25) is 29.8 Å². The average Bonchev–Trinajstić information content (AvgIpc) is 2.50. The smallest absolute Gasteiger partial charge is 0.273 e. The Morgan fingerprint density at radius 1 is 0.708 bits per heavy atom. The van der Waals surface area contributed by atoms with Gasteiger partial charge >= 0.3 is 0 Å². The van der Waals surface area contributed by atoms with E-state index >= 15 is 0 Å². The van der Waals surface area contributed by atoms with Gasteiger partial charge in [0.2, 0.25) is 0 Å². The molecule has 2 N–H and O–H groups in total. The molecule has 0 amide bonds. The first kappa shape index (κ1) is 15.1. The van der Waals surface area contributed by atoms with Gasteiger partial charge in [0.15, 0.2) is 11.6 Å². The van der Waals surface area contributed by atoms with E-state index in [2.05, 4.69) is 0 Å². The van der Waals surface area contributed by atoms with Crippen molar-refractivity contribution in [3.05, 3.63) is 66.7 Å². The lowest BCUT2D eigenvalue weighted by atomic mass is 9.82. The lowest BCUT2D eigenvalue weighted by molar-refractivity contribution is -0.385. The van der Waals surface area contributed by atoms with Crippen LogP contribution in [0.3, 0.4) is 0 Å². The van der Waals surface area contributed by atoms with Crippen molar-refractivity contribution in [3.63, 3.8) is 0 Å². The molecule has 0 unspecified atom stereocenters. The summed E-state index contributed by atoms with van der Waals surface area (Å²) < 4.78 is 0. The standard InChI is InChI=1S/C14H6N2O8/c17-9-3-5(15(21)22)1-7-11(9)14(20)8-2-6(16(23)24)4-10(18)12(8)13(7)19/h1-4,17-18H. The number of rotatable bonds is 2. The van der Waals surface area contributed by atoms with Crippen LogP contribution < -0.4 is 0 Å². The van der Waals surface area contributed by atoms with Crippen molar-refractivity contribution in [2.24, 2.45) is 0 Å². The molecule has 0 heterocycles. The van der Waals surface area contributed by atoms with E-state index in [1.807, 2.05) is 0 Å². The Bertz CT molecular complexity index is 900. The number of carbonyl (C=O) groups excluding carboxylic acids is 2. The highest BCUT2D eigenvalue weighted by atomic mass is 16.6. The van der Waals surface area contributed by atoms with E-state index in [0.717, 1.165) is 12.1 Å². The Morgan fingerprint density at radius 2 is 1.04 bits per heavy atom. The number of hydrogen-bond acceptors (Lipinski definition) is 8. The summed E-state index contributed by atoms with van der Waals surface area (Å²) in [6.45, 7) is 0. The summed E-state index contributed by atoms with van der Waals surface area (Å²) in [5.74, 6) is -3.50. The molecule has 0 aromatic heterocycles. The number of non-ortho nitro benzene ring substituents is 2. The highest BCUT2D eigenvalue weighted by Crippen LogP contribution is 2.40. The van der Waals surface area contributed by atoms with Crippen molar-refractivity contribution < 1.29 is 29.6 Å². The van der Waals surface area contributed by atoms with E-state index < -0.39 is 66.5 Å². The number of phenolic OH excluding ortho intramolecular Hbond substituents is 2. The summed E-state index contributed by atoms with van der Waals surface area (Å²) in [4.78, 5) is 44.9. The van der Waals surface area contributed by atoms with Crippen LogP contribution in [-0.4, -0.2) is 31.6 Å². The quantitative estimate of drug-likeness (QED) is 0.530. The predicted molar refractivity (Wildman–Crippen MR) is 76.4 cm³/mol. The maximum absolute atomic E-state index is 12.5. The maximum atomic E-state index is 12.5. The summed E-state index contributed by atoms with van der Waals surface area (Å²) in [6.07, 6.45) is 0. The summed E-state index contributed by atoms with van der Waals surface area (Å²) in [7, 11) is 0. The second kappa shape index (κ2) is 4.84. The van der Waals surface area contributed by atoms with E-state index in [-0.39, 0.29) is 0 Å². The van der Waals surface area contributed by atoms with Crippen LogP contribution in [0.4, 0.5) is 11.4 Å². The Morgan fingerprint density at radius 3 is 1.33 bits per heavy atom. The third-order valence-corrected chi connectivity index (χ3v) is 3.57. The molecule has 0 spiro atoms. The molecule has 2 aromatic carbocycles. The number of ketones is 2. The van der Waals surface area contributed by atoms with Crippen molar-refractivity contribution in [2.45, 2.75) is 0 Å². The Labute approximate surface area is 131 Å². The molecular weight excluding hydrogens is 324 g/mol. The number of nitrogens with zero attached hydrogens (tertiary/aromatic N) is 2. The first-order valence-electron chi connectivity index (χ1n) is 6.34. The molecule has 1 aliphatic rings. The van der Waals surface area contributed by atoms with E-state index in [9.17, 15) is 40.0 Å². The fourth-order valence-electron chi connectivity index (χ4n) is 2.54. The highest BCUT2D eigenvalue weighted by molar-refractivity contribution is 6.30. The summed E-state index contributed by atoms with van der Waals surface area (Å²) >= 11 is 0. The van der Waals surface area contributed by atoms with Crippen LogP contribution in [-0.2, 0) is 0 Å². The first-order valence-corrected chi connectivity index (χ1v) is 6.34. The number of hydrogen-bond donors (Lipinski definition) is 2. The summed E-state index contributed by atoms with van der Waals surface area (Å²) in [5.41, 5.74) is -3.14. The molecule has 0 bridgehead atoms. The third-order valence-electron chi connectivity index (χ3n) is 3.57. The molecule has 10 nitrogen and oxygen atoms in total. The first-order chi connectivity index (χ1) is 11.2. The zero-order chi connectivity index (χ0) is 17.8. The molecule has 2 aromatic rings. The van der Waals surface area contributed by atoms with Crippen LogP contribution in [0.5, 0.6) is 11.5 Å². The predicted octanol–water partition coefficient (Wildman–Crippen LogP) is 1.69. The van der Waals surface area contributed by atoms with Crippen molar-refractivity contribution in [2.75, 3.05) is 0 Å². The molecule has 0 fully saturated rings. The molecule has 0 radical (unpaired) electrons. The third kappa shape index (κ3) is 1.97. The topological polar surface area (TPSA) is 161 Å². The number of benzene rings is 2. The minimum atomic E-state index is -0.953. The fourth-order valence-corrected chi connectivity index (χ4v) is 2.54. The number of nitro groups is 2. The van der Waals surface area contributed by atoms with Crippen molar-refractivity contribution in [1.82, 2.24) is 0 Å². The van der Waals surface area contributed by atoms with Gasteiger partial charge in [0.1, 0.15) is 11.5 Å². The monoisotopic (exact) mass is 330 g/mol. The van der Waals surface area contributed by atoms with Crippen molar-refractivity contribution in [1.29, 1.82) is 0 Å².